The minimum absolute atomic E-state index is 0.104. The van der Waals surface area contributed by atoms with Gasteiger partial charge >= 0.3 is 0 Å². The van der Waals surface area contributed by atoms with Crippen molar-refractivity contribution in [2.24, 2.45) is 0 Å². The highest BCUT2D eigenvalue weighted by atomic mass is 32.2. The zero-order valence-electron chi connectivity index (χ0n) is 5.06. The van der Waals surface area contributed by atoms with Gasteiger partial charge in [0, 0.05) is 0 Å². The molecule has 0 aromatic heterocycles. The first-order chi connectivity index (χ1) is 4.38. The van der Waals surface area contributed by atoms with Crippen molar-refractivity contribution in [3.8, 4) is 0 Å². The summed E-state index contributed by atoms with van der Waals surface area (Å²) in [5.74, 6) is 0. The minimum Gasteiger partial charge on any atom is -0.389 e. The highest BCUT2D eigenvalue weighted by Gasteiger charge is 2.54. The number of hydrogen-bond donors (Lipinski definition) is 3. The van der Waals surface area contributed by atoms with E-state index in [2.05, 4.69) is 0 Å². The maximum atomic E-state index is 10.3. The second kappa shape index (κ2) is 1.91. The van der Waals surface area contributed by atoms with Gasteiger partial charge in [0.2, 0.25) is 4.93 Å². The van der Waals surface area contributed by atoms with Gasteiger partial charge in [-0.2, -0.15) is 8.42 Å². The molecule has 6 heteroatoms. The predicted molar refractivity (Wildman–Crippen MR) is 31.7 cm³/mol. The van der Waals surface area contributed by atoms with Gasteiger partial charge in [0.25, 0.3) is 10.1 Å². The number of rotatable bonds is 1. The maximum Gasteiger partial charge on any atom is 0.297 e. The third kappa shape index (κ3) is 0.842. The molecule has 10 heavy (non-hydrogen) atoms. The van der Waals surface area contributed by atoms with Crippen LogP contribution in [0.4, 0.5) is 0 Å². The molecule has 1 fully saturated rings. The molecule has 1 aliphatic carbocycles. The fourth-order valence-corrected chi connectivity index (χ4v) is 1.66. The van der Waals surface area contributed by atoms with Crippen molar-refractivity contribution in [2.45, 2.75) is 23.9 Å². The van der Waals surface area contributed by atoms with E-state index in [9.17, 15) is 8.42 Å². The minimum atomic E-state index is -4.51. The van der Waals surface area contributed by atoms with Gasteiger partial charge in [-0.1, -0.05) is 0 Å². The number of hydrogen-bond acceptors (Lipinski definition) is 4. The summed E-state index contributed by atoms with van der Waals surface area (Å²) in [6, 6.07) is 0. The summed E-state index contributed by atoms with van der Waals surface area (Å²) in [6.45, 7) is 0. The third-order valence-electron chi connectivity index (χ3n) is 1.74. The monoisotopic (exact) mass is 168 g/mol. The van der Waals surface area contributed by atoms with Crippen LogP contribution < -0.4 is 0 Å². The summed E-state index contributed by atoms with van der Waals surface area (Å²) in [4.78, 5) is -2.30. The van der Waals surface area contributed by atoms with E-state index in [1.165, 1.54) is 0 Å². The van der Waals surface area contributed by atoms with Crippen LogP contribution in [0.2, 0.25) is 0 Å². The topological polar surface area (TPSA) is 94.8 Å². The summed E-state index contributed by atoms with van der Waals surface area (Å²) in [7, 11) is -4.51. The molecule has 0 heterocycles. The van der Waals surface area contributed by atoms with E-state index < -0.39 is 21.2 Å². The van der Waals surface area contributed by atoms with E-state index in [0.717, 1.165) is 0 Å². The Morgan fingerprint density at radius 3 is 2.00 bits per heavy atom. The van der Waals surface area contributed by atoms with E-state index >= 15 is 0 Å². The van der Waals surface area contributed by atoms with E-state index in [1.807, 2.05) is 0 Å². The van der Waals surface area contributed by atoms with Crippen LogP contribution in [0.25, 0.3) is 0 Å². The van der Waals surface area contributed by atoms with Gasteiger partial charge in [0.15, 0.2) is 0 Å². The highest BCUT2D eigenvalue weighted by molar-refractivity contribution is 7.87. The lowest BCUT2D eigenvalue weighted by molar-refractivity contribution is -0.0894. The Balaban J connectivity index is 2.91. The fourth-order valence-electron chi connectivity index (χ4n) is 0.821. The van der Waals surface area contributed by atoms with Crippen LogP contribution in [0, 0.1) is 0 Å². The van der Waals surface area contributed by atoms with E-state index in [1.54, 1.807) is 0 Å². The average Bonchev–Trinajstić information content (AvgIpc) is 1.80. The lowest BCUT2D eigenvalue weighted by Gasteiger charge is -2.38. The Kier molecular flexibility index (Phi) is 1.52. The molecule has 0 spiro atoms. The number of aliphatic hydroxyl groups is 2. The van der Waals surface area contributed by atoms with Crippen LogP contribution in [0.3, 0.4) is 0 Å². The Morgan fingerprint density at radius 2 is 2.00 bits per heavy atom. The molecule has 1 saturated carbocycles. The number of aliphatic hydroxyl groups excluding tert-OH is 1. The Bertz CT molecular complexity index is 232. The maximum absolute atomic E-state index is 10.3. The molecule has 5 nitrogen and oxygen atoms in total. The molecule has 0 radical (unpaired) electrons. The van der Waals surface area contributed by atoms with Crippen molar-refractivity contribution in [2.75, 3.05) is 0 Å². The zero-order chi connectivity index (χ0) is 7.99. The molecule has 2 unspecified atom stereocenters. The summed E-state index contributed by atoms with van der Waals surface area (Å²) < 4.78 is 28.9. The fraction of sp³-hybridized carbons (Fsp3) is 1.00. The van der Waals surface area contributed by atoms with Gasteiger partial charge in [-0.15, -0.1) is 0 Å². The Labute approximate surface area is 58.0 Å². The molecule has 0 saturated heterocycles. The molecular weight excluding hydrogens is 160 g/mol. The van der Waals surface area contributed by atoms with Crippen LogP contribution >= 0.6 is 0 Å². The molecule has 0 amide bonds. The smallest absolute Gasteiger partial charge is 0.297 e. The van der Waals surface area contributed by atoms with Crippen molar-refractivity contribution >= 4 is 10.1 Å². The first kappa shape index (κ1) is 7.93. The second-order valence-electron chi connectivity index (χ2n) is 2.37. The lowest BCUT2D eigenvalue weighted by atomic mass is 9.91. The quantitative estimate of drug-likeness (QED) is 0.424. The van der Waals surface area contributed by atoms with E-state index in [-0.39, 0.29) is 12.8 Å². The van der Waals surface area contributed by atoms with E-state index in [0.29, 0.717) is 0 Å². The normalized spacial score (nSPS) is 40.9. The van der Waals surface area contributed by atoms with Crippen LogP contribution in [0.15, 0.2) is 0 Å². The zero-order valence-corrected chi connectivity index (χ0v) is 5.87. The van der Waals surface area contributed by atoms with Crippen molar-refractivity contribution in [1.29, 1.82) is 0 Å². The van der Waals surface area contributed by atoms with Crippen LogP contribution in [0.1, 0.15) is 12.8 Å². The summed E-state index contributed by atoms with van der Waals surface area (Å²) in [5.41, 5.74) is 0. The van der Waals surface area contributed by atoms with Gasteiger partial charge in [0.1, 0.15) is 0 Å². The summed E-state index contributed by atoms with van der Waals surface area (Å²) in [6.07, 6.45) is -1.24. The molecule has 0 aromatic carbocycles. The van der Waals surface area contributed by atoms with Gasteiger partial charge in [-0.3, -0.25) is 4.55 Å². The van der Waals surface area contributed by atoms with Gasteiger partial charge in [-0.05, 0) is 12.8 Å². The lowest BCUT2D eigenvalue weighted by Crippen LogP contribution is -2.56. The van der Waals surface area contributed by atoms with Gasteiger partial charge < -0.3 is 10.2 Å². The molecule has 1 rings (SSSR count). The van der Waals surface area contributed by atoms with Gasteiger partial charge in [0.05, 0.1) is 6.10 Å². The molecule has 0 bridgehead atoms. The average molecular weight is 168 g/mol. The second-order valence-corrected chi connectivity index (χ2v) is 4.03. The molecule has 1 aliphatic rings. The van der Waals surface area contributed by atoms with Gasteiger partial charge in [-0.25, -0.2) is 0 Å². The Morgan fingerprint density at radius 1 is 1.50 bits per heavy atom. The summed E-state index contributed by atoms with van der Waals surface area (Å²) >= 11 is 0. The first-order valence-electron chi connectivity index (χ1n) is 2.75. The largest absolute Gasteiger partial charge is 0.389 e. The van der Waals surface area contributed by atoms with E-state index in [4.69, 9.17) is 14.8 Å². The van der Waals surface area contributed by atoms with Crippen molar-refractivity contribution in [3.05, 3.63) is 0 Å². The predicted octanol–water partition coefficient (Wildman–Crippen LogP) is -1.28. The van der Waals surface area contributed by atoms with Crippen LogP contribution in [-0.2, 0) is 10.1 Å². The summed E-state index contributed by atoms with van der Waals surface area (Å²) in [5, 5.41) is 17.6. The van der Waals surface area contributed by atoms with Crippen molar-refractivity contribution in [3.63, 3.8) is 0 Å². The third-order valence-corrected chi connectivity index (χ3v) is 3.11. The highest BCUT2D eigenvalue weighted by Crippen LogP contribution is 2.36. The molecule has 0 aliphatic heterocycles. The molecule has 0 aromatic rings. The molecule has 2 atom stereocenters. The SMILES string of the molecule is O=S(=O)(O)C1(O)CCC1O. The first-order valence-corrected chi connectivity index (χ1v) is 4.19. The molecule has 3 N–H and O–H groups in total. The molecular formula is C4H8O5S. The van der Waals surface area contributed by atoms with Crippen LogP contribution in [0.5, 0.6) is 0 Å². The standard InChI is InChI=1S/C4H8O5S/c5-3-1-2-4(3,6)10(7,8)9/h3,5-6H,1-2H2,(H,7,8,9). The van der Waals surface area contributed by atoms with Crippen molar-refractivity contribution in [1.82, 2.24) is 0 Å². The molecule has 60 valence electrons. The van der Waals surface area contributed by atoms with Crippen molar-refractivity contribution < 1.29 is 23.2 Å². The van der Waals surface area contributed by atoms with Crippen LogP contribution in [-0.4, -0.2) is 34.2 Å². The Hall–Kier alpha value is -0.170.